The minimum absolute atomic E-state index is 0.0171. The number of anilines is 2. The van der Waals surface area contributed by atoms with Gasteiger partial charge in [0.1, 0.15) is 18.0 Å². The molecule has 1 aromatic carbocycles. The standard InChI is InChI=1S/C18H16F6N4O/c19-17(20,21)12-6-11(7-13(8-12)18(22,23)24)16(29)27-14-9-15(26-10-25-14)28-4-2-1-3-5-28/h6-10H,1-5H2,(H,25,26,27,29). The molecule has 1 aliphatic heterocycles. The van der Waals surface area contributed by atoms with Crippen LogP contribution in [-0.4, -0.2) is 29.0 Å². The minimum atomic E-state index is -5.04. The van der Waals surface area contributed by atoms with Gasteiger partial charge in [-0.05, 0) is 37.5 Å². The van der Waals surface area contributed by atoms with Crippen LogP contribution in [0.1, 0.15) is 40.7 Å². The summed E-state index contributed by atoms with van der Waals surface area (Å²) in [7, 11) is 0. The second kappa shape index (κ2) is 7.88. The highest BCUT2D eigenvalue weighted by molar-refractivity contribution is 6.04. The fourth-order valence-electron chi connectivity index (χ4n) is 2.99. The predicted molar refractivity (Wildman–Crippen MR) is 92.5 cm³/mol. The SMILES string of the molecule is O=C(Nc1cc(N2CCCCC2)ncn1)c1cc(C(F)(F)F)cc(C(F)(F)F)c1. The maximum Gasteiger partial charge on any atom is 0.416 e. The van der Waals surface area contributed by atoms with E-state index in [9.17, 15) is 31.1 Å². The zero-order valence-corrected chi connectivity index (χ0v) is 14.9. The van der Waals surface area contributed by atoms with Gasteiger partial charge in [-0.1, -0.05) is 0 Å². The fourth-order valence-corrected chi connectivity index (χ4v) is 2.99. The summed E-state index contributed by atoms with van der Waals surface area (Å²) in [4.78, 5) is 22.2. The molecular weight excluding hydrogens is 402 g/mol. The topological polar surface area (TPSA) is 58.1 Å². The summed E-state index contributed by atoms with van der Waals surface area (Å²) in [6, 6.07) is 2.14. The number of nitrogens with one attached hydrogen (secondary N) is 1. The van der Waals surface area contributed by atoms with E-state index in [0.717, 1.165) is 32.4 Å². The van der Waals surface area contributed by atoms with Crippen LogP contribution in [0.25, 0.3) is 0 Å². The first-order chi connectivity index (χ1) is 13.5. The number of benzene rings is 1. The summed E-state index contributed by atoms with van der Waals surface area (Å²) in [6.07, 6.45) is -5.87. The molecule has 156 valence electrons. The van der Waals surface area contributed by atoms with Crippen LogP contribution in [0.5, 0.6) is 0 Å². The lowest BCUT2D eigenvalue weighted by Gasteiger charge is -2.27. The van der Waals surface area contributed by atoms with E-state index in [4.69, 9.17) is 0 Å². The lowest BCUT2D eigenvalue weighted by atomic mass is 10.0. The van der Waals surface area contributed by atoms with Gasteiger partial charge in [-0.15, -0.1) is 0 Å². The molecule has 0 spiro atoms. The van der Waals surface area contributed by atoms with Crippen LogP contribution in [-0.2, 0) is 12.4 Å². The number of piperidine rings is 1. The highest BCUT2D eigenvalue weighted by atomic mass is 19.4. The third kappa shape index (κ3) is 5.15. The van der Waals surface area contributed by atoms with Gasteiger partial charge < -0.3 is 10.2 Å². The molecule has 1 amide bonds. The highest BCUT2D eigenvalue weighted by Gasteiger charge is 2.37. The fraction of sp³-hybridized carbons (Fsp3) is 0.389. The zero-order valence-electron chi connectivity index (χ0n) is 14.9. The third-order valence-electron chi connectivity index (χ3n) is 4.42. The molecular formula is C18H16F6N4O. The number of aromatic nitrogens is 2. The third-order valence-corrected chi connectivity index (χ3v) is 4.42. The predicted octanol–water partition coefficient (Wildman–Crippen LogP) is 4.76. The maximum absolute atomic E-state index is 13.0. The number of rotatable bonds is 3. The van der Waals surface area contributed by atoms with Crippen LogP contribution in [0.15, 0.2) is 30.6 Å². The molecule has 1 aliphatic rings. The van der Waals surface area contributed by atoms with Gasteiger partial charge >= 0.3 is 12.4 Å². The van der Waals surface area contributed by atoms with Gasteiger partial charge in [0, 0.05) is 24.7 Å². The summed E-state index contributed by atoms with van der Waals surface area (Å²) in [5.41, 5.74) is -3.89. The maximum atomic E-state index is 13.0. The van der Waals surface area contributed by atoms with E-state index < -0.39 is 35.0 Å². The normalized spacial score (nSPS) is 15.3. The first-order valence-electron chi connectivity index (χ1n) is 8.72. The summed E-state index contributed by atoms with van der Waals surface area (Å²) in [5.74, 6) is -0.628. The number of carbonyl (C=O) groups is 1. The van der Waals surface area contributed by atoms with E-state index in [2.05, 4.69) is 15.3 Å². The number of halogens is 6. The van der Waals surface area contributed by atoms with Crippen LogP contribution in [0.3, 0.4) is 0 Å². The number of amides is 1. The largest absolute Gasteiger partial charge is 0.416 e. The van der Waals surface area contributed by atoms with Gasteiger partial charge in [0.05, 0.1) is 11.1 Å². The van der Waals surface area contributed by atoms with Crippen molar-refractivity contribution in [3.8, 4) is 0 Å². The van der Waals surface area contributed by atoms with Gasteiger partial charge in [-0.3, -0.25) is 4.79 Å². The van der Waals surface area contributed by atoms with Crippen LogP contribution in [0.2, 0.25) is 0 Å². The highest BCUT2D eigenvalue weighted by Crippen LogP contribution is 2.36. The molecule has 11 heteroatoms. The molecule has 29 heavy (non-hydrogen) atoms. The lowest BCUT2D eigenvalue weighted by molar-refractivity contribution is -0.143. The number of nitrogens with zero attached hydrogens (tertiary/aromatic N) is 3. The average molecular weight is 418 g/mol. The Balaban J connectivity index is 1.87. The van der Waals surface area contributed by atoms with Crippen LogP contribution < -0.4 is 10.2 Å². The molecule has 1 N–H and O–H groups in total. The number of carbonyl (C=O) groups excluding carboxylic acids is 1. The van der Waals surface area contributed by atoms with E-state index in [1.54, 1.807) is 0 Å². The molecule has 1 saturated heterocycles. The van der Waals surface area contributed by atoms with Crippen molar-refractivity contribution in [2.45, 2.75) is 31.6 Å². The Hall–Kier alpha value is -2.85. The Bertz CT molecular complexity index is 858. The van der Waals surface area contributed by atoms with Gasteiger partial charge in [-0.2, -0.15) is 26.3 Å². The van der Waals surface area contributed by atoms with E-state index in [1.165, 1.54) is 12.4 Å². The Morgan fingerprint density at radius 1 is 0.862 bits per heavy atom. The molecule has 0 saturated carbocycles. The molecule has 1 aromatic heterocycles. The number of alkyl halides is 6. The minimum Gasteiger partial charge on any atom is -0.356 e. The number of hydrogen-bond acceptors (Lipinski definition) is 4. The Labute approximate surface area is 161 Å². The molecule has 3 rings (SSSR count). The summed E-state index contributed by atoms with van der Waals surface area (Å²) >= 11 is 0. The average Bonchev–Trinajstić information content (AvgIpc) is 2.67. The van der Waals surface area contributed by atoms with Crippen molar-refractivity contribution in [2.75, 3.05) is 23.3 Å². The Morgan fingerprint density at radius 2 is 1.45 bits per heavy atom. The monoisotopic (exact) mass is 418 g/mol. The summed E-state index contributed by atoms with van der Waals surface area (Å²) in [5, 5.41) is 2.24. The van der Waals surface area contributed by atoms with Crippen molar-refractivity contribution in [1.29, 1.82) is 0 Å². The molecule has 2 heterocycles. The number of hydrogen-bond donors (Lipinski definition) is 1. The first kappa shape index (κ1) is 20.9. The second-order valence-corrected chi connectivity index (χ2v) is 6.56. The van der Waals surface area contributed by atoms with Crippen molar-refractivity contribution in [2.24, 2.45) is 0 Å². The molecule has 0 atom stereocenters. The van der Waals surface area contributed by atoms with Crippen LogP contribution in [0, 0.1) is 0 Å². The van der Waals surface area contributed by atoms with Gasteiger partial charge in [0.25, 0.3) is 5.91 Å². The molecule has 1 fully saturated rings. The Kier molecular flexibility index (Phi) is 5.67. The van der Waals surface area contributed by atoms with Crippen molar-refractivity contribution >= 4 is 17.5 Å². The second-order valence-electron chi connectivity index (χ2n) is 6.56. The van der Waals surface area contributed by atoms with Crippen molar-refractivity contribution < 1.29 is 31.1 Å². The van der Waals surface area contributed by atoms with E-state index in [0.29, 0.717) is 18.0 Å². The first-order valence-corrected chi connectivity index (χ1v) is 8.72. The molecule has 0 aliphatic carbocycles. The zero-order chi connectivity index (χ0) is 21.2. The summed E-state index contributed by atoms with van der Waals surface area (Å²) < 4.78 is 77.8. The van der Waals surface area contributed by atoms with Crippen molar-refractivity contribution in [1.82, 2.24) is 9.97 Å². The van der Waals surface area contributed by atoms with E-state index in [1.807, 2.05) is 4.90 Å². The van der Waals surface area contributed by atoms with Gasteiger partial charge in [-0.25, -0.2) is 9.97 Å². The van der Waals surface area contributed by atoms with Crippen LogP contribution in [0.4, 0.5) is 38.0 Å². The Morgan fingerprint density at radius 3 is 2.00 bits per heavy atom. The van der Waals surface area contributed by atoms with Gasteiger partial charge in [0.2, 0.25) is 0 Å². The lowest BCUT2D eigenvalue weighted by Crippen LogP contribution is -2.30. The van der Waals surface area contributed by atoms with E-state index in [-0.39, 0.29) is 11.9 Å². The molecule has 0 radical (unpaired) electrons. The van der Waals surface area contributed by atoms with Crippen molar-refractivity contribution in [3.63, 3.8) is 0 Å². The summed E-state index contributed by atoms with van der Waals surface area (Å²) in [6.45, 7) is 1.51. The van der Waals surface area contributed by atoms with Gasteiger partial charge in [0.15, 0.2) is 0 Å². The molecule has 0 bridgehead atoms. The smallest absolute Gasteiger partial charge is 0.356 e. The molecule has 5 nitrogen and oxygen atoms in total. The van der Waals surface area contributed by atoms with Crippen molar-refractivity contribution in [3.05, 3.63) is 47.3 Å². The molecule has 0 unspecified atom stereocenters. The quantitative estimate of drug-likeness (QED) is 0.731. The van der Waals surface area contributed by atoms with Crippen LogP contribution >= 0.6 is 0 Å². The van der Waals surface area contributed by atoms with E-state index >= 15 is 0 Å². The molecule has 2 aromatic rings.